The molecule has 1 atom stereocenters. The summed E-state index contributed by atoms with van der Waals surface area (Å²) in [5.74, 6) is 0. The number of aromatic nitrogens is 1. The Morgan fingerprint density at radius 1 is 1.56 bits per heavy atom. The van der Waals surface area contributed by atoms with Gasteiger partial charge in [-0.25, -0.2) is 18.1 Å². The van der Waals surface area contributed by atoms with Gasteiger partial charge in [-0.1, -0.05) is 0 Å². The number of hydrogen-bond donors (Lipinski definition) is 2. The van der Waals surface area contributed by atoms with Crippen LogP contribution in [0.4, 0.5) is 0 Å². The summed E-state index contributed by atoms with van der Waals surface area (Å²) in [4.78, 5) is 3.73. The second-order valence-electron chi connectivity index (χ2n) is 3.88. The average Bonchev–Trinajstić information content (AvgIpc) is 2.34. The van der Waals surface area contributed by atoms with Crippen molar-refractivity contribution in [2.75, 3.05) is 6.54 Å². The van der Waals surface area contributed by atoms with Crippen molar-refractivity contribution in [1.29, 1.82) is 5.26 Å². The maximum atomic E-state index is 11.8. The number of nitriles is 1. The molecule has 0 radical (unpaired) electrons. The zero-order valence-electron chi connectivity index (χ0n) is 10.00. The summed E-state index contributed by atoms with van der Waals surface area (Å²) in [5.41, 5.74) is 0.169. The first-order valence-corrected chi connectivity index (χ1v) is 6.98. The molecule has 18 heavy (non-hydrogen) atoms. The molecule has 1 aromatic heterocycles. The summed E-state index contributed by atoms with van der Waals surface area (Å²) in [6.45, 7) is 1.91. The normalized spacial score (nSPS) is 12.9. The minimum Gasteiger partial charge on any atom is -0.393 e. The van der Waals surface area contributed by atoms with Crippen molar-refractivity contribution in [1.82, 2.24) is 9.71 Å². The predicted molar refractivity (Wildman–Crippen MR) is 65.1 cm³/mol. The van der Waals surface area contributed by atoms with Crippen LogP contribution in [-0.4, -0.2) is 31.2 Å². The largest absolute Gasteiger partial charge is 0.393 e. The molecule has 1 rings (SSSR count). The van der Waals surface area contributed by atoms with Crippen molar-refractivity contribution in [3.8, 4) is 6.07 Å². The highest BCUT2D eigenvalue weighted by atomic mass is 32.2. The Kier molecular flexibility index (Phi) is 5.22. The summed E-state index contributed by atoms with van der Waals surface area (Å²) in [6, 6.07) is 4.50. The van der Waals surface area contributed by atoms with E-state index in [1.807, 2.05) is 6.07 Å². The van der Waals surface area contributed by atoms with Gasteiger partial charge in [-0.2, -0.15) is 5.26 Å². The quantitative estimate of drug-likeness (QED) is 0.727. The van der Waals surface area contributed by atoms with E-state index < -0.39 is 16.1 Å². The van der Waals surface area contributed by atoms with E-state index in [2.05, 4.69) is 9.71 Å². The Morgan fingerprint density at radius 3 is 2.78 bits per heavy atom. The minimum atomic E-state index is -3.59. The molecule has 2 N–H and O–H groups in total. The number of rotatable bonds is 6. The van der Waals surface area contributed by atoms with Crippen LogP contribution in [0.5, 0.6) is 0 Å². The summed E-state index contributed by atoms with van der Waals surface area (Å²) in [6.07, 6.45) is 1.80. The third kappa shape index (κ3) is 4.41. The van der Waals surface area contributed by atoms with Gasteiger partial charge in [0.15, 0.2) is 0 Å². The Hall–Kier alpha value is -1.49. The highest BCUT2D eigenvalue weighted by molar-refractivity contribution is 7.89. The third-order valence-corrected chi connectivity index (χ3v) is 3.70. The summed E-state index contributed by atoms with van der Waals surface area (Å²) < 4.78 is 26.0. The van der Waals surface area contributed by atoms with Gasteiger partial charge in [0.25, 0.3) is 0 Å². The van der Waals surface area contributed by atoms with Crippen molar-refractivity contribution in [2.45, 2.75) is 30.8 Å². The number of sulfonamides is 1. The van der Waals surface area contributed by atoms with Crippen molar-refractivity contribution < 1.29 is 13.5 Å². The molecule has 0 amide bonds. The van der Waals surface area contributed by atoms with Gasteiger partial charge < -0.3 is 5.11 Å². The monoisotopic (exact) mass is 269 g/mol. The Morgan fingerprint density at radius 2 is 2.28 bits per heavy atom. The predicted octanol–water partition coefficient (Wildman–Crippen LogP) is 0.393. The Labute approximate surface area is 106 Å². The van der Waals surface area contributed by atoms with Crippen LogP contribution in [0.2, 0.25) is 0 Å². The molecule has 1 heterocycles. The molecule has 98 valence electrons. The van der Waals surface area contributed by atoms with E-state index in [9.17, 15) is 8.42 Å². The van der Waals surface area contributed by atoms with Crippen molar-refractivity contribution >= 4 is 10.0 Å². The molecule has 1 unspecified atom stereocenters. The van der Waals surface area contributed by atoms with Crippen LogP contribution in [0.15, 0.2) is 23.2 Å². The van der Waals surface area contributed by atoms with Gasteiger partial charge in [0, 0.05) is 12.7 Å². The summed E-state index contributed by atoms with van der Waals surface area (Å²) >= 11 is 0. The molecule has 0 aliphatic rings. The molecular weight excluding hydrogens is 254 g/mol. The van der Waals surface area contributed by atoms with Gasteiger partial charge in [-0.3, -0.25) is 0 Å². The first-order valence-electron chi connectivity index (χ1n) is 5.49. The number of pyridine rings is 1. The molecule has 6 nitrogen and oxygen atoms in total. The third-order valence-electron chi connectivity index (χ3n) is 2.25. The van der Waals surface area contributed by atoms with Gasteiger partial charge in [-0.05, 0) is 31.9 Å². The number of aliphatic hydroxyl groups is 1. The van der Waals surface area contributed by atoms with Crippen LogP contribution < -0.4 is 4.72 Å². The number of nitrogens with zero attached hydrogens (tertiary/aromatic N) is 2. The van der Waals surface area contributed by atoms with E-state index in [0.717, 1.165) is 6.20 Å². The number of aliphatic hydroxyl groups excluding tert-OH is 1. The van der Waals surface area contributed by atoms with Crippen LogP contribution >= 0.6 is 0 Å². The average molecular weight is 269 g/mol. The molecule has 0 bridgehead atoms. The lowest BCUT2D eigenvalue weighted by atomic mass is 10.2. The Bertz CT molecular complexity index is 517. The highest BCUT2D eigenvalue weighted by Crippen LogP contribution is 2.07. The smallest absolute Gasteiger partial charge is 0.242 e. The van der Waals surface area contributed by atoms with E-state index in [-0.39, 0.29) is 17.1 Å². The molecule has 0 fully saturated rings. The van der Waals surface area contributed by atoms with Crippen LogP contribution in [0, 0.1) is 11.3 Å². The lowest BCUT2D eigenvalue weighted by Crippen LogP contribution is -2.25. The second kappa shape index (κ2) is 6.44. The van der Waals surface area contributed by atoms with Gasteiger partial charge >= 0.3 is 0 Å². The zero-order chi connectivity index (χ0) is 13.6. The fourth-order valence-corrected chi connectivity index (χ4v) is 2.31. The summed E-state index contributed by atoms with van der Waals surface area (Å²) in [7, 11) is -3.59. The first-order chi connectivity index (χ1) is 8.45. The summed E-state index contributed by atoms with van der Waals surface area (Å²) in [5, 5.41) is 17.6. The maximum absolute atomic E-state index is 11.8. The topological polar surface area (TPSA) is 103 Å². The standard InChI is InChI=1S/C11H15N3O3S/c1-9(15)3-2-6-14-18(16,17)11-5-4-10(7-12)13-8-11/h4-5,8-9,14-15H,2-3,6H2,1H3. The lowest BCUT2D eigenvalue weighted by molar-refractivity contribution is 0.182. The minimum absolute atomic E-state index is 0.0264. The highest BCUT2D eigenvalue weighted by Gasteiger charge is 2.13. The molecule has 7 heteroatoms. The van der Waals surface area contributed by atoms with E-state index in [1.165, 1.54) is 12.1 Å². The first kappa shape index (κ1) is 14.6. The molecule has 1 aromatic rings. The molecule has 0 saturated heterocycles. The van der Waals surface area contributed by atoms with Crippen LogP contribution in [-0.2, 0) is 10.0 Å². The zero-order valence-corrected chi connectivity index (χ0v) is 10.8. The van der Waals surface area contributed by atoms with Crippen molar-refractivity contribution in [3.05, 3.63) is 24.0 Å². The fourth-order valence-electron chi connectivity index (χ4n) is 1.29. The van der Waals surface area contributed by atoms with Gasteiger partial charge in [-0.15, -0.1) is 0 Å². The van der Waals surface area contributed by atoms with E-state index in [1.54, 1.807) is 6.92 Å². The van der Waals surface area contributed by atoms with Crippen molar-refractivity contribution in [2.24, 2.45) is 0 Å². The van der Waals surface area contributed by atoms with Crippen LogP contribution in [0.25, 0.3) is 0 Å². The van der Waals surface area contributed by atoms with E-state index >= 15 is 0 Å². The van der Waals surface area contributed by atoms with Crippen LogP contribution in [0.1, 0.15) is 25.5 Å². The van der Waals surface area contributed by atoms with E-state index in [0.29, 0.717) is 12.8 Å². The van der Waals surface area contributed by atoms with Crippen LogP contribution in [0.3, 0.4) is 0 Å². The molecule has 0 saturated carbocycles. The number of nitrogens with one attached hydrogen (secondary N) is 1. The van der Waals surface area contributed by atoms with E-state index in [4.69, 9.17) is 10.4 Å². The number of hydrogen-bond acceptors (Lipinski definition) is 5. The van der Waals surface area contributed by atoms with Gasteiger partial charge in [0.2, 0.25) is 10.0 Å². The molecular formula is C11H15N3O3S. The van der Waals surface area contributed by atoms with Gasteiger partial charge in [0.1, 0.15) is 16.7 Å². The molecule has 0 aliphatic carbocycles. The Balaban J connectivity index is 2.60. The van der Waals surface area contributed by atoms with Crippen molar-refractivity contribution in [3.63, 3.8) is 0 Å². The lowest BCUT2D eigenvalue weighted by Gasteiger charge is -2.07. The SMILES string of the molecule is CC(O)CCCNS(=O)(=O)c1ccc(C#N)nc1. The fraction of sp³-hybridized carbons (Fsp3) is 0.455. The molecule has 0 spiro atoms. The second-order valence-corrected chi connectivity index (χ2v) is 5.65. The maximum Gasteiger partial charge on any atom is 0.242 e. The molecule has 0 aromatic carbocycles. The molecule has 0 aliphatic heterocycles. The van der Waals surface area contributed by atoms with Gasteiger partial charge in [0.05, 0.1) is 6.10 Å².